The van der Waals surface area contributed by atoms with Crippen LogP contribution in [0.5, 0.6) is 0 Å². The summed E-state index contributed by atoms with van der Waals surface area (Å²) in [6, 6.07) is 10.0. The van der Waals surface area contributed by atoms with Crippen molar-refractivity contribution in [1.29, 1.82) is 0 Å². The number of allylic oxidation sites excluding steroid dienone is 1. The molecule has 41 heavy (non-hydrogen) atoms. The zero-order valence-electron chi connectivity index (χ0n) is 27.9. The first-order valence-electron chi connectivity index (χ1n) is 15.4. The van der Waals surface area contributed by atoms with Gasteiger partial charge in [0.2, 0.25) is 0 Å². The van der Waals surface area contributed by atoms with Gasteiger partial charge in [0.1, 0.15) is 0 Å². The Morgan fingerprint density at radius 3 is 2.10 bits per heavy atom. The van der Waals surface area contributed by atoms with Gasteiger partial charge in [-0.25, -0.2) is 4.79 Å². The highest BCUT2D eigenvalue weighted by Gasteiger charge is 2.48. The van der Waals surface area contributed by atoms with Gasteiger partial charge in [0, 0.05) is 18.9 Å². The van der Waals surface area contributed by atoms with Gasteiger partial charge in [-0.15, -0.1) is 0 Å². The van der Waals surface area contributed by atoms with Crippen LogP contribution in [-0.4, -0.2) is 59.9 Å². The number of rotatable bonds is 13. The minimum atomic E-state index is -2.08. The normalized spacial score (nSPS) is 23.5. The van der Waals surface area contributed by atoms with Crippen molar-refractivity contribution in [2.75, 3.05) is 6.61 Å². The van der Waals surface area contributed by atoms with Crippen molar-refractivity contribution >= 4 is 22.6 Å². The van der Waals surface area contributed by atoms with E-state index in [0.29, 0.717) is 19.4 Å². The lowest BCUT2D eigenvalue weighted by Gasteiger charge is -2.48. The van der Waals surface area contributed by atoms with Crippen LogP contribution in [0.3, 0.4) is 0 Å². The van der Waals surface area contributed by atoms with Crippen LogP contribution in [0.15, 0.2) is 42.5 Å². The quantitative estimate of drug-likeness (QED) is 0.128. The summed E-state index contributed by atoms with van der Waals surface area (Å²) in [5.41, 5.74) is 1.16. The first-order valence-corrected chi connectivity index (χ1v) is 21.2. The molecule has 1 aliphatic heterocycles. The van der Waals surface area contributed by atoms with Crippen LogP contribution in [0.2, 0.25) is 36.3 Å². The number of carbonyl (C=O) groups excluding carboxylic acids is 1. The molecule has 0 spiro atoms. The van der Waals surface area contributed by atoms with Crippen molar-refractivity contribution in [2.45, 2.75) is 148 Å². The molecule has 0 radical (unpaired) electrons. The van der Waals surface area contributed by atoms with E-state index in [2.05, 4.69) is 81.6 Å². The third kappa shape index (κ3) is 11.4. The maximum absolute atomic E-state index is 12.1. The molecule has 0 N–H and O–H groups in total. The molecule has 1 heterocycles. The third-order valence-corrected chi connectivity index (χ3v) is 18.0. The van der Waals surface area contributed by atoms with E-state index in [0.717, 1.165) is 18.4 Å². The molecule has 1 aliphatic rings. The second-order valence-electron chi connectivity index (χ2n) is 14.6. The zero-order chi connectivity index (χ0) is 31.1. The minimum absolute atomic E-state index is 0.0309. The molecule has 0 aliphatic carbocycles. The zero-order valence-corrected chi connectivity index (χ0v) is 29.9. The van der Waals surface area contributed by atoms with E-state index >= 15 is 0 Å². The van der Waals surface area contributed by atoms with Crippen LogP contribution >= 0.6 is 0 Å². The molecular weight excluding hydrogens is 549 g/mol. The highest BCUT2D eigenvalue weighted by atomic mass is 28.4. The van der Waals surface area contributed by atoms with E-state index in [1.807, 2.05) is 36.4 Å². The van der Waals surface area contributed by atoms with Crippen LogP contribution in [0.1, 0.15) is 80.2 Å². The van der Waals surface area contributed by atoms with Crippen molar-refractivity contribution in [2.24, 2.45) is 0 Å². The Balaban J connectivity index is 1.96. The Hall–Kier alpha value is -1.30. The number of benzene rings is 1. The summed E-state index contributed by atoms with van der Waals surface area (Å²) in [6.45, 7) is 27.2. The van der Waals surface area contributed by atoms with Crippen LogP contribution in [0.25, 0.3) is 0 Å². The summed E-state index contributed by atoms with van der Waals surface area (Å²) < 4.78 is 32.1. The average molecular weight is 607 g/mol. The van der Waals surface area contributed by atoms with Gasteiger partial charge in [-0.1, -0.05) is 78.0 Å². The lowest BCUT2D eigenvalue weighted by atomic mass is 10.0. The summed E-state index contributed by atoms with van der Waals surface area (Å²) in [4.78, 5) is 12.1. The predicted octanol–water partition coefficient (Wildman–Crippen LogP) is 8.43. The van der Waals surface area contributed by atoms with Crippen molar-refractivity contribution in [3.63, 3.8) is 0 Å². The number of esters is 1. The Labute approximate surface area is 252 Å². The number of hydrogen-bond acceptors (Lipinski definition) is 6. The molecule has 0 amide bonds. The summed E-state index contributed by atoms with van der Waals surface area (Å²) in [5.74, 6) is -0.311. The fourth-order valence-electron chi connectivity index (χ4n) is 4.17. The Morgan fingerprint density at radius 2 is 1.54 bits per heavy atom. The molecule has 6 nitrogen and oxygen atoms in total. The highest BCUT2D eigenvalue weighted by molar-refractivity contribution is 6.74. The highest BCUT2D eigenvalue weighted by Crippen LogP contribution is 2.42. The van der Waals surface area contributed by atoms with Crippen LogP contribution in [0.4, 0.5) is 0 Å². The molecule has 234 valence electrons. The molecular formula is C33H58O6Si2. The second kappa shape index (κ2) is 14.9. The van der Waals surface area contributed by atoms with Gasteiger partial charge in [0.25, 0.3) is 0 Å². The summed E-state index contributed by atoms with van der Waals surface area (Å²) >= 11 is 0. The van der Waals surface area contributed by atoms with E-state index in [1.165, 1.54) is 6.08 Å². The lowest BCUT2D eigenvalue weighted by Crippen LogP contribution is -2.57. The van der Waals surface area contributed by atoms with E-state index in [9.17, 15) is 4.79 Å². The fraction of sp³-hybridized carbons (Fsp3) is 0.727. The van der Waals surface area contributed by atoms with Crippen molar-refractivity contribution in [1.82, 2.24) is 0 Å². The molecule has 0 saturated carbocycles. The lowest BCUT2D eigenvalue weighted by molar-refractivity contribution is -0.268. The van der Waals surface area contributed by atoms with Gasteiger partial charge in [0.15, 0.2) is 22.9 Å². The smallest absolute Gasteiger partial charge is 0.330 e. The summed E-state index contributed by atoms with van der Waals surface area (Å²) in [6.07, 6.45) is 5.49. The topological polar surface area (TPSA) is 63.2 Å². The maximum Gasteiger partial charge on any atom is 0.330 e. The van der Waals surface area contributed by atoms with Gasteiger partial charge >= 0.3 is 5.97 Å². The van der Waals surface area contributed by atoms with Gasteiger partial charge in [-0.2, -0.15) is 0 Å². The SMILES string of the molecule is CC(CC/C=C/C(=O)OCCc1ccccc1)O[C@@H]1O[C@@H](C)[C@H](O[Si](C)(C)C(C)(C)C)C[C@H]1O[Si](C)(C)C(C)(C)C. The average Bonchev–Trinajstić information content (AvgIpc) is 2.83. The molecule has 0 bridgehead atoms. The molecule has 2 rings (SSSR count). The van der Waals surface area contributed by atoms with Crippen molar-refractivity contribution < 1.29 is 27.9 Å². The summed E-state index contributed by atoms with van der Waals surface area (Å²) in [7, 11) is -4.06. The second-order valence-corrected chi connectivity index (χ2v) is 24.1. The van der Waals surface area contributed by atoms with Gasteiger partial charge in [-0.3, -0.25) is 0 Å². The maximum atomic E-state index is 12.1. The number of carbonyl (C=O) groups is 1. The molecule has 1 aromatic rings. The first-order chi connectivity index (χ1) is 18.8. The van der Waals surface area contributed by atoms with Crippen LogP contribution in [0, 0.1) is 0 Å². The molecule has 1 aromatic carbocycles. The monoisotopic (exact) mass is 606 g/mol. The van der Waals surface area contributed by atoms with E-state index in [4.69, 9.17) is 23.1 Å². The van der Waals surface area contributed by atoms with Crippen LogP contribution < -0.4 is 0 Å². The number of ether oxygens (including phenoxy) is 3. The standard InChI is InChI=1S/C33H58O6Si2/c1-25(18-16-17-21-30(34)35-23-22-27-19-14-13-15-20-27)36-31-29(39-41(11,12)33(6,7)8)24-28(26(2)37-31)38-40(9,10)32(3,4)5/h13-15,17,19-21,25-26,28-29,31H,16,18,22-24H2,1-12H3/b21-17+/t25?,26-,28+,29+,31+/m0/s1. The largest absolute Gasteiger partial charge is 0.462 e. The Morgan fingerprint density at radius 1 is 0.976 bits per heavy atom. The molecule has 1 fully saturated rings. The minimum Gasteiger partial charge on any atom is -0.462 e. The predicted molar refractivity (Wildman–Crippen MR) is 173 cm³/mol. The van der Waals surface area contributed by atoms with Crippen LogP contribution in [-0.2, 0) is 34.3 Å². The number of hydrogen-bond donors (Lipinski definition) is 0. The van der Waals surface area contributed by atoms with E-state index in [-0.39, 0.29) is 40.5 Å². The van der Waals surface area contributed by atoms with Gasteiger partial charge < -0.3 is 23.1 Å². The van der Waals surface area contributed by atoms with E-state index in [1.54, 1.807) is 0 Å². The molecule has 5 atom stereocenters. The Kier molecular flexibility index (Phi) is 13.1. The van der Waals surface area contributed by atoms with Gasteiger partial charge in [0.05, 0.1) is 31.0 Å². The Bertz CT molecular complexity index is 964. The van der Waals surface area contributed by atoms with Gasteiger partial charge in [-0.05, 0) is 68.5 Å². The third-order valence-electron chi connectivity index (χ3n) is 8.98. The van der Waals surface area contributed by atoms with E-state index < -0.39 is 22.9 Å². The fourth-order valence-corrected chi connectivity index (χ4v) is 6.88. The summed E-state index contributed by atoms with van der Waals surface area (Å²) in [5, 5.41) is 0.189. The molecule has 0 aromatic heterocycles. The van der Waals surface area contributed by atoms with Crippen molar-refractivity contribution in [3.05, 3.63) is 48.0 Å². The molecule has 1 saturated heterocycles. The first kappa shape index (κ1) is 35.9. The molecule has 8 heteroatoms. The molecule has 1 unspecified atom stereocenters. The van der Waals surface area contributed by atoms with Crippen molar-refractivity contribution in [3.8, 4) is 0 Å².